The van der Waals surface area contributed by atoms with Crippen molar-refractivity contribution in [1.29, 1.82) is 0 Å². The lowest BCUT2D eigenvalue weighted by Crippen LogP contribution is -2.39. The van der Waals surface area contributed by atoms with E-state index in [1.165, 1.54) is 24.4 Å². The minimum absolute atomic E-state index is 0.0550. The Hall–Kier alpha value is -3.36. The van der Waals surface area contributed by atoms with Crippen LogP contribution in [0.3, 0.4) is 0 Å². The van der Waals surface area contributed by atoms with Crippen LogP contribution in [0.5, 0.6) is 0 Å². The standard InChI is InChI=1S/C21H18F3N3O3/c1-11-7-13-8-15(5-6-17(13)26-11)27(20(29)21(22,23)24)18-16(19(28)30-2)9-14(10-25-18)12-3-4-12/h5-10,12,26H,3-4H2,1-2H3. The third-order valence-corrected chi connectivity index (χ3v) is 5.00. The van der Waals surface area contributed by atoms with Crippen LogP contribution in [0.4, 0.5) is 24.7 Å². The molecule has 9 heteroatoms. The van der Waals surface area contributed by atoms with Gasteiger partial charge in [-0.1, -0.05) is 0 Å². The van der Waals surface area contributed by atoms with Crippen molar-refractivity contribution in [1.82, 2.24) is 9.97 Å². The lowest BCUT2D eigenvalue weighted by Gasteiger charge is -2.25. The largest absolute Gasteiger partial charge is 0.472 e. The van der Waals surface area contributed by atoms with E-state index >= 15 is 0 Å². The molecule has 6 nitrogen and oxygen atoms in total. The van der Waals surface area contributed by atoms with Gasteiger partial charge in [-0.3, -0.25) is 9.69 Å². The first kappa shape index (κ1) is 19.9. The lowest BCUT2D eigenvalue weighted by molar-refractivity contribution is -0.169. The molecule has 3 aromatic rings. The normalized spacial score (nSPS) is 14.0. The number of hydrogen-bond donors (Lipinski definition) is 1. The average Bonchev–Trinajstić information content (AvgIpc) is 3.48. The maximum Gasteiger partial charge on any atom is 0.472 e. The summed E-state index contributed by atoms with van der Waals surface area (Å²) in [6.45, 7) is 1.81. The van der Waals surface area contributed by atoms with Gasteiger partial charge in [0.1, 0.15) is 5.56 Å². The number of alkyl halides is 3. The van der Waals surface area contributed by atoms with E-state index < -0.39 is 23.9 Å². The van der Waals surface area contributed by atoms with Crippen molar-refractivity contribution in [2.75, 3.05) is 12.0 Å². The second kappa shape index (κ2) is 7.16. The minimum Gasteiger partial charge on any atom is -0.465 e. The molecule has 1 N–H and O–H groups in total. The number of aromatic nitrogens is 2. The first-order chi connectivity index (χ1) is 14.2. The van der Waals surface area contributed by atoms with E-state index in [1.54, 1.807) is 12.1 Å². The molecule has 30 heavy (non-hydrogen) atoms. The zero-order chi connectivity index (χ0) is 21.6. The van der Waals surface area contributed by atoms with Gasteiger partial charge in [0.05, 0.1) is 12.8 Å². The van der Waals surface area contributed by atoms with Gasteiger partial charge in [-0.15, -0.1) is 0 Å². The number of amides is 1. The monoisotopic (exact) mass is 417 g/mol. The SMILES string of the molecule is COC(=O)c1cc(C2CC2)cnc1N(C(=O)C(F)(F)F)c1ccc2[nH]c(C)cc2c1. The number of benzene rings is 1. The summed E-state index contributed by atoms with van der Waals surface area (Å²) in [5, 5.41) is 0.624. The van der Waals surface area contributed by atoms with Gasteiger partial charge in [-0.05, 0) is 61.6 Å². The Kier molecular flexibility index (Phi) is 4.76. The van der Waals surface area contributed by atoms with Crippen molar-refractivity contribution in [3.05, 3.63) is 53.3 Å². The number of carbonyl (C=O) groups excluding carboxylic acids is 2. The van der Waals surface area contributed by atoms with E-state index in [9.17, 15) is 22.8 Å². The highest BCUT2D eigenvalue weighted by Gasteiger charge is 2.45. The summed E-state index contributed by atoms with van der Waals surface area (Å²) in [5.74, 6) is -3.22. The molecule has 1 aromatic carbocycles. The van der Waals surface area contributed by atoms with Gasteiger partial charge in [-0.25, -0.2) is 9.78 Å². The predicted molar refractivity (Wildman–Crippen MR) is 104 cm³/mol. The Balaban J connectivity index is 1.91. The quantitative estimate of drug-likeness (QED) is 0.621. The van der Waals surface area contributed by atoms with Crippen LogP contribution in [0.25, 0.3) is 10.9 Å². The van der Waals surface area contributed by atoms with E-state index in [2.05, 4.69) is 9.97 Å². The zero-order valence-electron chi connectivity index (χ0n) is 16.2. The van der Waals surface area contributed by atoms with Crippen LogP contribution in [0.1, 0.15) is 40.4 Å². The second-order valence-electron chi connectivity index (χ2n) is 7.27. The van der Waals surface area contributed by atoms with Crippen molar-refractivity contribution in [2.45, 2.75) is 31.9 Å². The molecule has 2 heterocycles. The summed E-state index contributed by atoms with van der Waals surface area (Å²) in [6, 6.07) is 7.60. The molecule has 0 aliphatic heterocycles. The van der Waals surface area contributed by atoms with Gasteiger partial charge in [0.2, 0.25) is 0 Å². The van der Waals surface area contributed by atoms with E-state index in [-0.39, 0.29) is 17.2 Å². The number of ether oxygens (including phenoxy) is 1. The van der Waals surface area contributed by atoms with E-state index in [0.717, 1.165) is 31.2 Å². The fraction of sp³-hybridized carbons (Fsp3) is 0.286. The molecule has 1 saturated carbocycles. The zero-order valence-corrected chi connectivity index (χ0v) is 16.2. The summed E-state index contributed by atoms with van der Waals surface area (Å²) >= 11 is 0. The number of rotatable bonds is 4. The fourth-order valence-corrected chi connectivity index (χ4v) is 3.42. The van der Waals surface area contributed by atoms with Crippen LogP contribution in [0.2, 0.25) is 0 Å². The number of fused-ring (bicyclic) bond motifs is 1. The van der Waals surface area contributed by atoms with Gasteiger partial charge < -0.3 is 9.72 Å². The number of anilines is 2. The maximum absolute atomic E-state index is 13.5. The Bertz CT molecular complexity index is 1150. The molecule has 4 rings (SSSR count). The van der Waals surface area contributed by atoms with Crippen LogP contribution in [-0.4, -0.2) is 35.1 Å². The summed E-state index contributed by atoms with van der Waals surface area (Å²) in [4.78, 5) is 32.4. The van der Waals surface area contributed by atoms with Crippen molar-refractivity contribution in [2.24, 2.45) is 0 Å². The van der Waals surface area contributed by atoms with Crippen LogP contribution >= 0.6 is 0 Å². The molecule has 0 unspecified atom stereocenters. The first-order valence-electron chi connectivity index (χ1n) is 9.28. The number of aryl methyl sites for hydroxylation is 1. The minimum atomic E-state index is -5.17. The molecule has 0 atom stereocenters. The molecule has 1 amide bonds. The molecule has 1 fully saturated rings. The number of hydrogen-bond acceptors (Lipinski definition) is 4. The van der Waals surface area contributed by atoms with E-state index in [0.29, 0.717) is 15.8 Å². The molecule has 0 bridgehead atoms. The van der Waals surface area contributed by atoms with E-state index in [1.807, 2.05) is 6.92 Å². The van der Waals surface area contributed by atoms with Gasteiger partial charge in [0.15, 0.2) is 5.82 Å². The average molecular weight is 417 g/mol. The van der Waals surface area contributed by atoms with Gasteiger partial charge in [0.25, 0.3) is 0 Å². The van der Waals surface area contributed by atoms with Crippen LogP contribution < -0.4 is 4.90 Å². The van der Waals surface area contributed by atoms with E-state index in [4.69, 9.17) is 4.74 Å². The number of nitrogens with one attached hydrogen (secondary N) is 1. The smallest absolute Gasteiger partial charge is 0.465 e. The third-order valence-electron chi connectivity index (χ3n) is 5.00. The summed E-state index contributed by atoms with van der Waals surface area (Å²) in [6.07, 6.45) is -1.94. The number of H-pyrrole nitrogens is 1. The van der Waals surface area contributed by atoms with Gasteiger partial charge in [-0.2, -0.15) is 13.2 Å². The maximum atomic E-state index is 13.5. The molecular weight excluding hydrogens is 399 g/mol. The first-order valence-corrected chi connectivity index (χ1v) is 9.28. The number of nitrogens with zero attached hydrogens (tertiary/aromatic N) is 2. The van der Waals surface area contributed by atoms with Gasteiger partial charge in [0, 0.05) is 22.8 Å². The Morgan fingerprint density at radius 2 is 1.93 bits per heavy atom. The number of esters is 1. The third kappa shape index (κ3) is 3.62. The van der Waals surface area contributed by atoms with Crippen LogP contribution in [0.15, 0.2) is 36.5 Å². The van der Waals surface area contributed by atoms with Crippen molar-refractivity contribution in [3.63, 3.8) is 0 Å². The summed E-state index contributed by atoms with van der Waals surface area (Å²) in [5.41, 5.74) is 2.01. The topological polar surface area (TPSA) is 75.3 Å². The number of methoxy groups -OCH3 is 1. The predicted octanol–water partition coefficient (Wildman–Crippen LogP) is 4.76. The van der Waals surface area contributed by atoms with Crippen LogP contribution in [-0.2, 0) is 9.53 Å². The molecule has 2 aromatic heterocycles. The number of halogens is 3. The number of carbonyl (C=O) groups is 2. The molecular formula is C21H18F3N3O3. The Morgan fingerprint density at radius 1 is 1.20 bits per heavy atom. The Morgan fingerprint density at radius 3 is 2.57 bits per heavy atom. The molecule has 0 saturated heterocycles. The van der Waals surface area contributed by atoms with Crippen molar-refractivity contribution < 1.29 is 27.5 Å². The molecule has 0 spiro atoms. The Labute approximate surface area is 169 Å². The molecule has 0 radical (unpaired) electrons. The highest BCUT2D eigenvalue weighted by molar-refractivity contribution is 6.08. The highest BCUT2D eigenvalue weighted by atomic mass is 19.4. The van der Waals surface area contributed by atoms with Gasteiger partial charge >= 0.3 is 18.1 Å². The fourth-order valence-electron chi connectivity index (χ4n) is 3.42. The van der Waals surface area contributed by atoms with Crippen molar-refractivity contribution >= 4 is 34.3 Å². The van der Waals surface area contributed by atoms with Crippen molar-refractivity contribution in [3.8, 4) is 0 Å². The second-order valence-corrected chi connectivity index (χ2v) is 7.27. The lowest BCUT2D eigenvalue weighted by atomic mass is 10.1. The molecule has 156 valence electrons. The highest BCUT2D eigenvalue weighted by Crippen LogP contribution is 2.42. The molecule has 1 aliphatic carbocycles. The number of pyridine rings is 1. The summed E-state index contributed by atoms with van der Waals surface area (Å²) < 4.78 is 45.2. The molecule has 1 aliphatic rings. The summed E-state index contributed by atoms with van der Waals surface area (Å²) in [7, 11) is 1.13. The van der Waals surface area contributed by atoms with Crippen LogP contribution in [0, 0.1) is 6.92 Å². The number of aromatic amines is 1.